The van der Waals surface area contributed by atoms with Gasteiger partial charge in [0.15, 0.2) is 8.07 Å². The normalized spacial score (nSPS) is 13.2. The molecular weight excluding hydrogens is 693 g/mol. The summed E-state index contributed by atoms with van der Waals surface area (Å²) in [6.45, 7) is 18.7. The summed E-state index contributed by atoms with van der Waals surface area (Å²) in [6.07, 6.45) is 0. The van der Waals surface area contributed by atoms with Gasteiger partial charge in [-0.1, -0.05) is 178 Å². The summed E-state index contributed by atoms with van der Waals surface area (Å²) in [5, 5.41) is 29.6. The van der Waals surface area contributed by atoms with Gasteiger partial charge in [0, 0.05) is 0 Å². The zero-order valence-electron chi connectivity index (χ0n) is 29.7. The van der Waals surface area contributed by atoms with E-state index in [2.05, 4.69) is 143 Å². The van der Waals surface area contributed by atoms with E-state index in [0.717, 1.165) is 11.1 Å². The summed E-state index contributed by atoms with van der Waals surface area (Å²) in [4.78, 5) is 6.92. The molecule has 0 unspecified atom stereocenters. The van der Waals surface area contributed by atoms with Crippen molar-refractivity contribution in [3.8, 4) is 12.1 Å². The minimum absolute atomic E-state index is 0.0905. The molecule has 0 atom stereocenters. The van der Waals surface area contributed by atoms with Gasteiger partial charge in [0.25, 0.3) is 11.4 Å². The Kier molecular flexibility index (Phi) is 11.4. The van der Waals surface area contributed by atoms with Gasteiger partial charge in [0.1, 0.15) is 0 Å². The van der Waals surface area contributed by atoms with Gasteiger partial charge in [-0.3, -0.25) is 0 Å². The first-order valence-electron chi connectivity index (χ1n) is 17.4. The maximum atomic E-state index is 9.60. The molecule has 0 saturated carbocycles. The van der Waals surface area contributed by atoms with Crippen molar-refractivity contribution in [2.45, 2.75) is 13.8 Å². The number of hydrogen-bond donors (Lipinski definition) is 0. The molecule has 0 aliphatic rings. The molecule has 252 valence electrons. The summed E-state index contributed by atoms with van der Waals surface area (Å²) in [5.41, 5.74) is 3.19. The molecule has 0 N–H and O–H groups in total. The van der Waals surface area contributed by atoms with Crippen LogP contribution in [0.2, 0.25) is 0 Å². The minimum Gasteiger partial charge on any atom is -0.226 e. The number of nitrogens with zero attached hydrogens (tertiary/aromatic N) is 4. The first-order valence-corrected chi connectivity index (χ1v) is 22.2. The van der Waals surface area contributed by atoms with Crippen molar-refractivity contribution >= 4 is 79.8 Å². The predicted molar refractivity (Wildman–Crippen MR) is 228 cm³/mol. The number of hydrogen-bond acceptors (Lipinski definition) is 2. The molecule has 4 nitrogen and oxygen atoms in total. The summed E-state index contributed by atoms with van der Waals surface area (Å²) in [5.74, 6) is 0. The molecule has 0 saturated heterocycles. The van der Waals surface area contributed by atoms with Crippen molar-refractivity contribution in [1.29, 1.82) is 10.5 Å². The first-order chi connectivity index (χ1) is 25.9. The Balaban J connectivity index is 1.58. The highest BCUT2D eigenvalue weighted by atomic mass is 28.3. The summed E-state index contributed by atoms with van der Waals surface area (Å²) in [7, 11) is -4.31. The molecule has 0 amide bonds. The van der Waals surface area contributed by atoms with E-state index in [4.69, 9.17) is 13.1 Å². The second kappa shape index (κ2) is 16.6. The molecule has 0 aromatic heterocycles. The van der Waals surface area contributed by atoms with E-state index in [1.165, 1.54) is 41.5 Å². The van der Waals surface area contributed by atoms with Crippen LogP contribution in [0.15, 0.2) is 169 Å². The van der Waals surface area contributed by atoms with Gasteiger partial charge < -0.3 is 0 Å². The molecule has 0 bridgehead atoms. The average Bonchev–Trinajstić information content (AvgIpc) is 3.21. The Morgan fingerprint density at radius 2 is 0.736 bits per heavy atom. The zero-order valence-corrected chi connectivity index (χ0v) is 33.5. The number of nitriles is 2. The van der Waals surface area contributed by atoms with Crippen molar-refractivity contribution in [2.24, 2.45) is 0 Å². The number of benzene rings is 6. The fourth-order valence-corrected chi connectivity index (χ4v) is 14.6. The third-order valence-corrected chi connectivity index (χ3v) is 18.2. The highest BCUT2D eigenvalue weighted by molar-refractivity contribution is 7.20. The zero-order chi connectivity index (χ0) is 37.2. The topological polar surface area (TPSA) is 56.3 Å². The van der Waals surface area contributed by atoms with E-state index >= 15 is 0 Å². The Labute approximate surface area is 318 Å². The summed E-state index contributed by atoms with van der Waals surface area (Å²) in [6, 6.07) is 60.9. The minimum atomic E-state index is -2.99. The largest absolute Gasteiger partial charge is 0.265 e. The average molecular weight is 729 g/mol. The van der Waals surface area contributed by atoms with Crippen LogP contribution in [0.5, 0.6) is 0 Å². The second-order valence-corrected chi connectivity index (χ2v) is 20.8. The smallest absolute Gasteiger partial charge is 0.226 e. The van der Waals surface area contributed by atoms with Gasteiger partial charge >= 0.3 is 0 Å². The molecule has 6 aromatic carbocycles. The Hall–Kier alpha value is -6.59. The maximum absolute atomic E-state index is 9.60. The summed E-state index contributed by atoms with van der Waals surface area (Å²) >= 11 is 0. The third-order valence-electron chi connectivity index (χ3n) is 9.92. The van der Waals surface area contributed by atoms with E-state index in [-0.39, 0.29) is 11.4 Å². The lowest BCUT2D eigenvalue weighted by molar-refractivity contribution is 1.47. The van der Waals surface area contributed by atoms with Crippen molar-refractivity contribution in [2.75, 3.05) is 0 Å². The van der Waals surface area contributed by atoms with E-state index < -0.39 is 27.1 Å². The molecule has 7 heteroatoms. The fourth-order valence-electron chi connectivity index (χ4n) is 7.01. The fraction of sp³-hybridized carbons (Fsp3) is 0.0435. The lowest BCUT2D eigenvalue weighted by atomic mass is 10.1. The molecule has 53 heavy (non-hydrogen) atoms. The molecule has 0 fully saturated rings. The highest BCUT2D eigenvalue weighted by Gasteiger charge is 2.41. The van der Waals surface area contributed by atoms with Gasteiger partial charge in [0.05, 0.1) is 44.3 Å². The van der Waals surface area contributed by atoms with E-state index in [0.29, 0.717) is 11.1 Å². The predicted octanol–water partition coefficient (Wildman–Crippen LogP) is 3.65. The number of rotatable bonds is 10. The standard InChI is InChI=1S/C46H36N4Si3/c1-33(45(31-47)49-3)35-15-23-41(24-16-35)53(42-25-17-36(18-26-42)34(2)46(32-48)50-4,43-27-19-39(20-28-43)51-37-11-7-5-8-12-37)44-29-21-40(22-30-44)52-38-13-9-6-10-14-38/h5-30H,51-52H2,1-2H3. The highest BCUT2D eigenvalue weighted by Crippen LogP contribution is 2.21. The van der Waals surface area contributed by atoms with Crippen LogP contribution >= 0.6 is 0 Å². The molecule has 0 heterocycles. The van der Waals surface area contributed by atoms with Crippen LogP contribution in [0.1, 0.15) is 25.0 Å². The van der Waals surface area contributed by atoms with Crippen molar-refractivity contribution < 1.29 is 0 Å². The molecule has 0 aliphatic carbocycles. The van der Waals surface area contributed by atoms with E-state index in [1.54, 1.807) is 0 Å². The Morgan fingerprint density at radius 3 is 1.02 bits per heavy atom. The number of allylic oxidation sites excluding steroid dienone is 4. The Morgan fingerprint density at radius 1 is 0.453 bits per heavy atom. The van der Waals surface area contributed by atoms with E-state index in [9.17, 15) is 10.5 Å². The van der Waals surface area contributed by atoms with Crippen molar-refractivity contribution in [3.05, 3.63) is 203 Å². The van der Waals surface area contributed by atoms with Gasteiger partial charge in [-0.25, -0.2) is 20.2 Å². The van der Waals surface area contributed by atoms with Crippen LogP contribution in [0, 0.1) is 35.8 Å². The molecular formula is C46H36N4Si3. The van der Waals surface area contributed by atoms with Crippen LogP contribution in [0.3, 0.4) is 0 Å². The SMILES string of the molecule is [C-]#[N+]C(C#N)=C(C)c1ccc([Si](c2ccc([SiH2]c3ccccc3)cc2)(c2ccc([SiH2]c3ccccc3)cc2)c2ccc(C(C)=C(C#N)[N+]#[C-])cc2)cc1. The molecule has 6 rings (SSSR count). The van der Waals surface area contributed by atoms with Gasteiger partial charge in [-0.15, -0.1) is 0 Å². The van der Waals surface area contributed by atoms with Crippen LogP contribution in [0.25, 0.3) is 20.8 Å². The van der Waals surface area contributed by atoms with Crippen LogP contribution < -0.4 is 41.5 Å². The lowest BCUT2D eigenvalue weighted by Gasteiger charge is -2.35. The first kappa shape index (κ1) is 36.2. The van der Waals surface area contributed by atoms with E-state index in [1.807, 2.05) is 50.3 Å². The van der Waals surface area contributed by atoms with Gasteiger partial charge in [-0.2, -0.15) is 0 Å². The van der Waals surface area contributed by atoms with Gasteiger partial charge in [0.2, 0.25) is 0 Å². The molecule has 0 radical (unpaired) electrons. The van der Waals surface area contributed by atoms with Crippen LogP contribution in [0.4, 0.5) is 0 Å². The molecule has 6 aromatic rings. The third kappa shape index (κ3) is 7.70. The van der Waals surface area contributed by atoms with Crippen LogP contribution in [-0.4, -0.2) is 27.1 Å². The molecule has 0 aliphatic heterocycles. The Bertz CT molecular complexity index is 2250. The maximum Gasteiger partial charge on any atom is 0.265 e. The van der Waals surface area contributed by atoms with Crippen molar-refractivity contribution in [3.63, 3.8) is 0 Å². The summed E-state index contributed by atoms with van der Waals surface area (Å²) < 4.78 is 0. The lowest BCUT2D eigenvalue weighted by Crippen LogP contribution is -2.75. The van der Waals surface area contributed by atoms with Crippen LogP contribution in [-0.2, 0) is 0 Å². The monoisotopic (exact) mass is 728 g/mol. The van der Waals surface area contributed by atoms with Gasteiger partial charge in [-0.05, 0) is 56.9 Å². The second-order valence-electron chi connectivity index (χ2n) is 13.0. The van der Waals surface area contributed by atoms with Crippen molar-refractivity contribution in [1.82, 2.24) is 0 Å². The quantitative estimate of drug-likeness (QED) is 0.0937. The molecule has 0 spiro atoms.